The molecule has 2 atom stereocenters. The van der Waals surface area contributed by atoms with Crippen LogP contribution in [0.25, 0.3) is 16.7 Å². The summed E-state index contributed by atoms with van der Waals surface area (Å²) in [6, 6.07) is 28.5. The Morgan fingerprint density at radius 2 is 1.70 bits per heavy atom. The molecule has 3 aromatic rings. The summed E-state index contributed by atoms with van der Waals surface area (Å²) in [4.78, 5) is 0. The average Bonchev–Trinajstić information content (AvgIpc) is 3.49. The average molecular weight is 490 g/mol. The minimum absolute atomic E-state index is 0.0198. The summed E-state index contributed by atoms with van der Waals surface area (Å²) in [5.41, 5.74) is 8.84. The molecule has 190 valence electrons. The standard InChI is InChI=1S/C34H39N3/c1-4-12-26(13-5-2)31-18-11-19-32(24-31)33(29-16-9-10-17-29)37-34(36-25-35-3)30-22-20-28(21-23-30)27-14-7-6-8-15-27/h4,6-16,18-24,33-37H,5,17,25H2,1-3H3/b12-4-,26-13+. The fourth-order valence-electron chi connectivity index (χ4n) is 4.82. The molecule has 1 aliphatic carbocycles. The lowest BCUT2D eigenvalue weighted by Gasteiger charge is -2.29. The van der Waals surface area contributed by atoms with Crippen molar-refractivity contribution in [3.05, 3.63) is 138 Å². The lowest BCUT2D eigenvalue weighted by molar-refractivity contribution is 0.395. The van der Waals surface area contributed by atoms with Crippen molar-refractivity contribution in [1.82, 2.24) is 16.0 Å². The summed E-state index contributed by atoms with van der Waals surface area (Å²) in [6.45, 7) is 4.97. The molecular formula is C34H39N3. The third-order valence-corrected chi connectivity index (χ3v) is 6.66. The summed E-state index contributed by atoms with van der Waals surface area (Å²) in [5, 5.41) is 10.9. The maximum Gasteiger partial charge on any atom is 0.0852 e. The molecule has 37 heavy (non-hydrogen) atoms. The highest BCUT2D eigenvalue weighted by Gasteiger charge is 2.22. The molecule has 0 aliphatic heterocycles. The molecule has 0 amide bonds. The maximum absolute atomic E-state index is 3.96. The molecule has 3 aromatic carbocycles. The molecule has 3 N–H and O–H groups in total. The molecule has 0 bridgehead atoms. The van der Waals surface area contributed by atoms with Crippen LogP contribution in [-0.4, -0.2) is 13.7 Å². The van der Waals surface area contributed by atoms with Crippen molar-refractivity contribution in [2.75, 3.05) is 13.7 Å². The van der Waals surface area contributed by atoms with E-state index in [1.54, 1.807) is 0 Å². The van der Waals surface area contributed by atoms with Gasteiger partial charge in [-0.15, -0.1) is 0 Å². The largest absolute Gasteiger partial charge is 0.308 e. The topological polar surface area (TPSA) is 36.1 Å². The van der Waals surface area contributed by atoms with Gasteiger partial charge in [-0.3, -0.25) is 10.6 Å². The van der Waals surface area contributed by atoms with Crippen LogP contribution in [0.4, 0.5) is 0 Å². The summed E-state index contributed by atoms with van der Waals surface area (Å²) in [6.07, 6.45) is 15.2. The summed E-state index contributed by atoms with van der Waals surface area (Å²) in [7, 11) is 1.97. The first-order valence-electron chi connectivity index (χ1n) is 13.3. The monoisotopic (exact) mass is 489 g/mol. The smallest absolute Gasteiger partial charge is 0.0852 e. The highest BCUT2D eigenvalue weighted by Crippen LogP contribution is 2.32. The number of benzene rings is 3. The van der Waals surface area contributed by atoms with E-state index < -0.39 is 0 Å². The second-order valence-electron chi connectivity index (χ2n) is 9.32. The Morgan fingerprint density at radius 3 is 2.38 bits per heavy atom. The molecule has 0 fully saturated rings. The van der Waals surface area contributed by atoms with E-state index >= 15 is 0 Å². The molecule has 0 spiro atoms. The number of allylic oxidation sites excluding steroid dienone is 7. The van der Waals surface area contributed by atoms with Crippen molar-refractivity contribution >= 4 is 5.57 Å². The quantitative estimate of drug-likeness (QED) is 0.180. The highest BCUT2D eigenvalue weighted by molar-refractivity contribution is 5.74. The second kappa shape index (κ2) is 13.7. The number of hydrogen-bond donors (Lipinski definition) is 3. The van der Waals surface area contributed by atoms with Gasteiger partial charge < -0.3 is 5.32 Å². The number of hydrogen-bond acceptors (Lipinski definition) is 3. The van der Waals surface area contributed by atoms with Crippen molar-refractivity contribution in [2.45, 2.75) is 38.9 Å². The molecule has 0 radical (unpaired) electrons. The van der Waals surface area contributed by atoms with E-state index in [4.69, 9.17) is 0 Å². The Bertz CT molecular complexity index is 1250. The zero-order valence-corrected chi connectivity index (χ0v) is 22.2. The zero-order valence-electron chi connectivity index (χ0n) is 22.2. The molecule has 0 saturated heterocycles. The first-order chi connectivity index (χ1) is 18.2. The number of nitrogens with one attached hydrogen (secondary N) is 3. The van der Waals surface area contributed by atoms with E-state index in [1.165, 1.54) is 39.0 Å². The summed E-state index contributed by atoms with van der Waals surface area (Å²) >= 11 is 0. The van der Waals surface area contributed by atoms with Gasteiger partial charge in [-0.05, 0) is 71.8 Å². The van der Waals surface area contributed by atoms with E-state index in [-0.39, 0.29) is 12.2 Å². The Labute approximate surface area is 222 Å². The van der Waals surface area contributed by atoms with E-state index in [0.29, 0.717) is 6.67 Å². The molecular weight excluding hydrogens is 450 g/mol. The molecule has 3 heteroatoms. The highest BCUT2D eigenvalue weighted by atomic mass is 15.2. The minimum Gasteiger partial charge on any atom is -0.308 e. The first kappa shape index (κ1) is 26.6. The van der Waals surface area contributed by atoms with Crippen molar-refractivity contribution in [1.29, 1.82) is 0 Å². The van der Waals surface area contributed by atoms with Gasteiger partial charge in [0.15, 0.2) is 0 Å². The maximum atomic E-state index is 3.96. The fourth-order valence-corrected chi connectivity index (χ4v) is 4.82. The first-order valence-corrected chi connectivity index (χ1v) is 13.3. The van der Waals surface area contributed by atoms with Crippen LogP contribution in [0.3, 0.4) is 0 Å². The van der Waals surface area contributed by atoms with Gasteiger partial charge in [-0.2, -0.15) is 0 Å². The van der Waals surface area contributed by atoms with E-state index in [0.717, 1.165) is 12.8 Å². The summed E-state index contributed by atoms with van der Waals surface area (Å²) in [5.74, 6) is 0. The van der Waals surface area contributed by atoms with Crippen LogP contribution in [0.2, 0.25) is 0 Å². The Balaban J connectivity index is 1.66. The predicted octanol–water partition coefficient (Wildman–Crippen LogP) is 7.71. The van der Waals surface area contributed by atoms with Crippen molar-refractivity contribution in [3.63, 3.8) is 0 Å². The SMILES string of the molecule is C/C=C\C(=C/CC)c1cccc(C(NC(NCNC)c2ccc(-c3ccccc3)cc2)C2=CC=CC2)c1. The van der Waals surface area contributed by atoms with Crippen LogP contribution in [0, 0.1) is 0 Å². The Morgan fingerprint density at radius 1 is 0.919 bits per heavy atom. The van der Waals surface area contributed by atoms with Crippen LogP contribution in [0.5, 0.6) is 0 Å². The lowest BCUT2D eigenvalue weighted by Crippen LogP contribution is -2.40. The van der Waals surface area contributed by atoms with Gasteiger partial charge in [-0.25, -0.2) is 0 Å². The van der Waals surface area contributed by atoms with Crippen LogP contribution in [0.1, 0.15) is 55.6 Å². The Hall–Kier alpha value is -3.50. The van der Waals surface area contributed by atoms with Crippen LogP contribution in [-0.2, 0) is 0 Å². The van der Waals surface area contributed by atoms with Gasteiger partial charge >= 0.3 is 0 Å². The summed E-state index contributed by atoms with van der Waals surface area (Å²) < 4.78 is 0. The van der Waals surface area contributed by atoms with Gasteiger partial charge in [0.2, 0.25) is 0 Å². The van der Waals surface area contributed by atoms with Crippen LogP contribution >= 0.6 is 0 Å². The number of rotatable bonds is 12. The molecule has 0 heterocycles. The fraction of sp³-hybridized carbons (Fsp3) is 0.235. The van der Waals surface area contributed by atoms with Gasteiger partial charge in [0, 0.05) is 6.67 Å². The van der Waals surface area contributed by atoms with Crippen LogP contribution < -0.4 is 16.0 Å². The Kier molecular flexibility index (Phi) is 9.84. The van der Waals surface area contributed by atoms with E-state index in [1.807, 2.05) is 7.05 Å². The zero-order chi connectivity index (χ0) is 25.9. The van der Waals surface area contributed by atoms with E-state index in [2.05, 4.69) is 145 Å². The van der Waals surface area contributed by atoms with Gasteiger partial charge in [-0.1, -0.05) is 116 Å². The normalized spacial score (nSPS) is 15.2. The van der Waals surface area contributed by atoms with Gasteiger partial charge in [0.1, 0.15) is 0 Å². The third kappa shape index (κ3) is 7.05. The van der Waals surface area contributed by atoms with Crippen molar-refractivity contribution < 1.29 is 0 Å². The van der Waals surface area contributed by atoms with Crippen molar-refractivity contribution in [3.8, 4) is 11.1 Å². The molecule has 2 unspecified atom stereocenters. The van der Waals surface area contributed by atoms with Gasteiger partial charge in [0.05, 0.1) is 12.2 Å². The second-order valence-corrected chi connectivity index (χ2v) is 9.32. The molecule has 1 aliphatic rings. The molecule has 0 aromatic heterocycles. The van der Waals surface area contributed by atoms with Gasteiger partial charge in [0.25, 0.3) is 0 Å². The van der Waals surface area contributed by atoms with E-state index in [9.17, 15) is 0 Å². The lowest BCUT2D eigenvalue weighted by atomic mass is 9.93. The third-order valence-electron chi connectivity index (χ3n) is 6.66. The molecule has 0 saturated carbocycles. The predicted molar refractivity (Wildman–Crippen MR) is 159 cm³/mol. The minimum atomic E-state index is -0.0198. The molecule has 3 nitrogen and oxygen atoms in total. The van der Waals surface area contributed by atoms with Crippen molar-refractivity contribution in [2.24, 2.45) is 0 Å². The van der Waals surface area contributed by atoms with Crippen LogP contribution in [0.15, 0.2) is 121 Å². The molecule has 4 rings (SSSR count).